The van der Waals surface area contributed by atoms with Gasteiger partial charge in [-0.1, -0.05) is 48.0 Å². The van der Waals surface area contributed by atoms with Gasteiger partial charge in [-0.05, 0) is 36.4 Å². The molecule has 2 aromatic heterocycles. The SMILES string of the molecule is O=C(c1ccc(Cl)cc1)c1c2ccccc2n2c(C(F)(F)F)nc3ccccc3c12. The molecule has 0 atom stereocenters. The van der Waals surface area contributed by atoms with E-state index in [4.69, 9.17) is 11.6 Å². The highest BCUT2D eigenvalue weighted by Gasteiger charge is 2.38. The van der Waals surface area contributed by atoms with Crippen molar-refractivity contribution >= 4 is 44.7 Å². The van der Waals surface area contributed by atoms with Gasteiger partial charge in [-0.15, -0.1) is 0 Å². The van der Waals surface area contributed by atoms with Crippen molar-refractivity contribution in [1.82, 2.24) is 9.38 Å². The average molecular weight is 425 g/mol. The van der Waals surface area contributed by atoms with E-state index in [2.05, 4.69) is 4.98 Å². The second-order valence-corrected chi connectivity index (χ2v) is 7.30. The summed E-state index contributed by atoms with van der Waals surface area (Å²) in [6, 6.07) is 19.4. The Bertz CT molecular complexity index is 1450. The summed E-state index contributed by atoms with van der Waals surface area (Å²) in [5, 5.41) is 1.37. The number of hydrogen-bond acceptors (Lipinski definition) is 2. The van der Waals surface area contributed by atoms with Gasteiger partial charge >= 0.3 is 6.18 Å². The topological polar surface area (TPSA) is 34.4 Å². The number of nitrogens with zero attached hydrogens (tertiary/aromatic N) is 2. The normalized spacial score (nSPS) is 12.1. The fraction of sp³-hybridized carbons (Fsp3) is 0.0435. The molecule has 0 bridgehead atoms. The van der Waals surface area contributed by atoms with Gasteiger partial charge < -0.3 is 0 Å². The van der Waals surface area contributed by atoms with Crippen molar-refractivity contribution in [2.75, 3.05) is 0 Å². The Morgan fingerprint density at radius 1 is 0.867 bits per heavy atom. The van der Waals surface area contributed by atoms with Gasteiger partial charge in [-0.3, -0.25) is 9.20 Å². The third-order valence-corrected chi connectivity index (χ3v) is 5.31. The predicted octanol–water partition coefficient (Wildman–Crippen LogP) is 6.54. The molecule has 30 heavy (non-hydrogen) atoms. The molecule has 0 saturated carbocycles. The minimum atomic E-state index is -4.70. The van der Waals surface area contributed by atoms with Crippen LogP contribution in [0.1, 0.15) is 21.7 Å². The molecule has 5 aromatic rings. The number of benzene rings is 3. The van der Waals surface area contributed by atoms with Crippen LogP contribution < -0.4 is 0 Å². The lowest BCUT2D eigenvalue weighted by molar-refractivity contribution is -0.145. The van der Waals surface area contributed by atoms with Gasteiger partial charge in [0.2, 0.25) is 5.82 Å². The van der Waals surface area contributed by atoms with Gasteiger partial charge in [0.1, 0.15) is 0 Å². The second-order valence-electron chi connectivity index (χ2n) is 6.86. The first-order valence-electron chi connectivity index (χ1n) is 9.05. The Hall–Kier alpha value is -3.38. The van der Waals surface area contributed by atoms with E-state index < -0.39 is 12.0 Å². The van der Waals surface area contributed by atoms with Crippen LogP contribution in [-0.2, 0) is 6.18 Å². The van der Waals surface area contributed by atoms with Gasteiger partial charge in [-0.25, -0.2) is 4.98 Å². The van der Waals surface area contributed by atoms with Crippen LogP contribution in [0.2, 0.25) is 5.02 Å². The fourth-order valence-corrected chi connectivity index (χ4v) is 3.94. The number of fused-ring (bicyclic) bond motifs is 5. The fourth-order valence-electron chi connectivity index (χ4n) is 3.82. The van der Waals surface area contributed by atoms with Crippen LogP contribution in [0, 0.1) is 0 Å². The summed E-state index contributed by atoms with van der Waals surface area (Å²) in [7, 11) is 0. The Balaban J connectivity index is 2.01. The van der Waals surface area contributed by atoms with Crippen molar-refractivity contribution < 1.29 is 18.0 Å². The van der Waals surface area contributed by atoms with Gasteiger partial charge in [0, 0.05) is 21.4 Å². The Morgan fingerprint density at radius 3 is 2.20 bits per heavy atom. The molecule has 0 saturated heterocycles. The summed E-state index contributed by atoms with van der Waals surface area (Å²) in [5.41, 5.74) is 1.18. The lowest BCUT2D eigenvalue weighted by Crippen LogP contribution is -2.15. The summed E-state index contributed by atoms with van der Waals surface area (Å²) in [5.74, 6) is -1.45. The lowest BCUT2D eigenvalue weighted by atomic mass is 9.99. The third kappa shape index (κ3) is 2.75. The van der Waals surface area contributed by atoms with Crippen molar-refractivity contribution in [1.29, 1.82) is 0 Å². The number of carbonyl (C=O) groups is 1. The number of para-hydroxylation sites is 2. The minimum absolute atomic E-state index is 0.172. The molecule has 0 spiro atoms. The van der Waals surface area contributed by atoms with E-state index in [9.17, 15) is 18.0 Å². The molecule has 0 aliphatic carbocycles. The number of aromatic nitrogens is 2. The van der Waals surface area contributed by atoms with E-state index in [1.54, 1.807) is 66.7 Å². The number of ketones is 1. The highest BCUT2D eigenvalue weighted by molar-refractivity contribution is 6.31. The summed E-state index contributed by atoms with van der Waals surface area (Å²) in [6.45, 7) is 0. The standard InChI is InChI=1S/C23H12ClF3N2O/c24-14-11-9-13(10-12-14)21(30)19-16-6-2-4-8-18(16)29-20(19)15-5-1-3-7-17(15)28-22(29)23(25,26)27/h1-12H. The first-order chi connectivity index (χ1) is 14.4. The maximum absolute atomic E-state index is 14.0. The van der Waals surface area contributed by atoms with Crippen LogP contribution in [0.25, 0.3) is 27.3 Å². The maximum atomic E-state index is 14.0. The summed E-state index contributed by atoms with van der Waals surface area (Å²) >= 11 is 5.93. The monoisotopic (exact) mass is 424 g/mol. The molecule has 148 valence electrons. The molecule has 0 amide bonds. The molecule has 7 heteroatoms. The molecular formula is C23H12ClF3N2O. The van der Waals surface area contributed by atoms with Crippen molar-refractivity contribution in [3.8, 4) is 0 Å². The zero-order valence-corrected chi connectivity index (χ0v) is 16.0. The second kappa shape index (κ2) is 6.57. The molecule has 0 unspecified atom stereocenters. The first kappa shape index (κ1) is 18.6. The zero-order valence-electron chi connectivity index (χ0n) is 15.2. The van der Waals surface area contributed by atoms with E-state index in [0.29, 0.717) is 21.4 Å². The minimum Gasteiger partial charge on any atom is -0.289 e. The van der Waals surface area contributed by atoms with Crippen LogP contribution in [0.5, 0.6) is 0 Å². The number of alkyl halides is 3. The predicted molar refractivity (Wildman–Crippen MR) is 110 cm³/mol. The van der Waals surface area contributed by atoms with E-state index >= 15 is 0 Å². The Morgan fingerprint density at radius 2 is 1.50 bits per heavy atom. The molecule has 5 rings (SSSR count). The van der Waals surface area contributed by atoms with Crippen molar-refractivity contribution in [2.24, 2.45) is 0 Å². The highest BCUT2D eigenvalue weighted by atomic mass is 35.5. The summed E-state index contributed by atoms with van der Waals surface area (Å²) in [6.07, 6.45) is -4.70. The zero-order chi connectivity index (χ0) is 21.0. The van der Waals surface area contributed by atoms with Crippen molar-refractivity contribution in [3.63, 3.8) is 0 Å². The van der Waals surface area contributed by atoms with Crippen molar-refractivity contribution in [3.05, 3.63) is 94.8 Å². The van der Waals surface area contributed by atoms with Crippen molar-refractivity contribution in [2.45, 2.75) is 6.18 Å². The van der Waals surface area contributed by atoms with Gasteiger partial charge in [-0.2, -0.15) is 13.2 Å². The van der Waals surface area contributed by atoms with Gasteiger partial charge in [0.25, 0.3) is 0 Å². The van der Waals surface area contributed by atoms with Crippen LogP contribution in [-0.4, -0.2) is 15.2 Å². The molecule has 3 nitrogen and oxygen atoms in total. The molecule has 0 radical (unpaired) electrons. The smallest absolute Gasteiger partial charge is 0.289 e. The van der Waals surface area contributed by atoms with E-state index in [0.717, 1.165) is 4.40 Å². The maximum Gasteiger partial charge on any atom is 0.450 e. The van der Waals surface area contributed by atoms with Crippen LogP contribution >= 0.6 is 11.6 Å². The summed E-state index contributed by atoms with van der Waals surface area (Å²) in [4.78, 5) is 17.4. The number of hydrogen-bond donors (Lipinski definition) is 0. The number of halogens is 4. The van der Waals surface area contributed by atoms with Gasteiger partial charge in [0.15, 0.2) is 5.78 Å². The molecule has 0 aliphatic rings. The van der Waals surface area contributed by atoms with Crippen LogP contribution in [0.4, 0.5) is 13.2 Å². The number of rotatable bonds is 2. The third-order valence-electron chi connectivity index (χ3n) is 5.06. The molecular weight excluding hydrogens is 413 g/mol. The van der Waals surface area contributed by atoms with Crippen LogP contribution in [0.3, 0.4) is 0 Å². The van der Waals surface area contributed by atoms with E-state index in [1.165, 1.54) is 6.07 Å². The Kier molecular flexibility index (Phi) is 4.08. The molecule has 0 aliphatic heterocycles. The largest absolute Gasteiger partial charge is 0.450 e. The van der Waals surface area contributed by atoms with E-state index in [-0.39, 0.29) is 27.9 Å². The van der Waals surface area contributed by atoms with Crippen LogP contribution in [0.15, 0.2) is 72.8 Å². The average Bonchev–Trinajstić information content (AvgIpc) is 3.08. The lowest BCUT2D eigenvalue weighted by Gasteiger charge is -2.13. The molecule has 2 heterocycles. The molecule has 0 N–H and O–H groups in total. The molecule has 0 fully saturated rings. The molecule has 3 aromatic carbocycles. The summed E-state index contributed by atoms with van der Waals surface area (Å²) < 4.78 is 42.9. The van der Waals surface area contributed by atoms with Gasteiger partial charge in [0.05, 0.1) is 22.1 Å². The first-order valence-corrected chi connectivity index (χ1v) is 9.43. The number of carbonyl (C=O) groups excluding carboxylic acids is 1. The highest BCUT2D eigenvalue weighted by Crippen LogP contribution is 2.38. The van der Waals surface area contributed by atoms with E-state index in [1.807, 2.05) is 0 Å². The quantitative estimate of drug-likeness (QED) is 0.301. The Labute approximate surface area is 173 Å².